The van der Waals surface area contributed by atoms with Gasteiger partial charge in [-0.2, -0.15) is 0 Å². The molecule has 0 amide bonds. The van der Waals surface area contributed by atoms with Gasteiger partial charge in [0.15, 0.2) is 0 Å². The van der Waals surface area contributed by atoms with E-state index in [0.29, 0.717) is 11.5 Å². The van der Waals surface area contributed by atoms with Gasteiger partial charge in [-0.15, -0.1) is 0 Å². The number of hydrogen-bond acceptors (Lipinski definition) is 1. The van der Waals surface area contributed by atoms with E-state index in [2.05, 4.69) is 6.58 Å². The van der Waals surface area contributed by atoms with Crippen LogP contribution >= 0.6 is 0 Å². The molecule has 0 aliphatic heterocycles. The number of carboxylic acid groups (broad SMARTS) is 1. The molecule has 2 aliphatic carbocycles. The molecule has 2 rings (SSSR count). The fraction of sp³-hybridized carbons (Fsp3) is 0.769. The summed E-state index contributed by atoms with van der Waals surface area (Å²) in [5.41, 5.74) is 0.464. The van der Waals surface area contributed by atoms with Crippen molar-refractivity contribution in [2.24, 2.45) is 17.8 Å². The highest BCUT2D eigenvalue weighted by atomic mass is 16.4. The molecular weight excluding hydrogens is 188 g/mol. The smallest absolute Gasteiger partial charge is 0.331 e. The van der Waals surface area contributed by atoms with Crippen LogP contribution in [0, 0.1) is 17.8 Å². The fourth-order valence-corrected chi connectivity index (χ4v) is 3.53. The molecule has 2 saturated carbocycles. The van der Waals surface area contributed by atoms with E-state index in [0.717, 1.165) is 12.3 Å². The van der Waals surface area contributed by atoms with Crippen molar-refractivity contribution in [1.82, 2.24) is 0 Å². The first-order chi connectivity index (χ1) is 7.20. The highest BCUT2D eigenvalue weighted by molar-refractivity contribution is 5.86. The lowest BCUT2D eigenvalue weighted by Crippen LogP contribution is -2.33. The summed E-state index contributed by atoms with van der Waals surface area (Å²) in [5.74, 6) is 0.887. The Morgan fingerprint density at radius 1 is 1.07 bits per heavy atom. The third-order valence-electron chi connectivity index (χ3n) is 4.30. The highest BCUT2D eigenvalue weighted by Crippen LogP contribution is 2.46. The zero-order chi connectivity index (χ0) is 10.8. The monoisotopic (exact) mass is 208 g/mol. The molecule has 1 N–H and O–H groups in total. The molecule has 0 bridgehead atoms. The van der Waals surface area contributed by atoms with Gasteiger partial charge in [0.05, 0.1) is 0 Å². The number of carbonyl (C=O) groups is 1. The summed E-state index contributed by atoms with van der Waals surface area (Å²) in [7, 11) is 0. The van der Waals surface area contributed by atoms with Crippen LogP contribution in [0.2, 0.25) is 0 Å². The quantitative estimate of drug-likeness (QED) is 0.707. The average Bonchev–Trinajstić information content (AvgIpc) is 2.27. The lowest BCUT2D eigenvalue weighted by atomic mass is 9.64. The second-order valence-corrected chi connectivity index (χ2v) is 5.08. The second-order valence-electron chi connectivity index (χ2n) is 5.08. The lowest BCUT2D eigenvalue weighted by molar-refractivity contribution is -0.133. The van der Waals surface area contributed by atoms with E-state index in [1.165, 1.54) is 38.5 Å². The van der Waals surface area contributed by atoms with Gasteiger partial charge in [0.25, 0.3) is 0 Å². The summed E-state index contributed by atoms with van der Waals surface area (Å²) in [5, 5.41) is 9.02. The molecule has 3 atom stereocenters. The first kappa shape index (κ1) is 10.7. The van der Waals surface area contributed by atoms with Crippen molar-refractivity contribution >= 4 is 5.97 Å². The van der Waals surface area contributed by atoms with Gasteiger partial charge in [0, 0.05) is 5.57 Å². The maximum absolute atomic E-state index is 11.0. The zero-order valence-electron chi connectivity index (χ0n) is 9.24. The minimum absolute atomic E-state index is 0.265. The van der Waals surface area contributed by atoms with Gasteiger partial charge < -0.3 is 5.11 Å². The molecular formula is C13H20O2. The molecule has 15 heavy (non-hydrogen) atoms. The minimum Gasteiger partial charge on any atom is -0.478 e. The molecule has 3 unspecified atom stereocenters. The van der Waals surface area contributed by atoms with Crippen molar-refractivity contribution in [2.45, 2.75) is 44.9 Å². The Bertz CT molecular complexity index is 268. The molecule has 0 aromatic carbocycles. The van der Waals surface area contributed by atoms with Crippen LogP contribution < -0.4 is 0 Å². The maximum Gasteiger partial charge on any atom is 0.331 e. The van der Waals surface area contributed by atoms with E-state index in [-0.39, 0.29) is 5.92 Å². The molecule has 2 nitrogen and oxygen atoms in total. The summed E-state index contributed by atoms with van der Waals surface area (Å²) < 4.78 is 0. The largest absolute Gasteiger partial charge is 0.478 e. The molecule has 0 saturated heterocycles. The van der Waals surface area contributed by atoms with Crippen LogP contribution in [0.5, 0.6) is 0 Å². The summed E-state index contributed by atoms with van der Waals surface area (Å²) in [6, 6.07) is 0. The molecule has 0 aromatic rings. The predicted molar refractivity (Wildman–Crippen MR) is 59.6 cm³/mol. The minimum atomic E-state index is -0.786. The van der Waals surface area contributed by atoms with Gasteiger partial charge in [-0.25, -0.2) is 4.79 Å². The SMILES string of the molecule is C=C(C(=O)O)C1CCCC2CCCCC21. The van der Waals surface area contributed by atoms with Crippen molar-refractivity contribution < 1.29 is 9.90 Å². The van der Waals surface area contributed by atoms with Gasteiger partial charge in [0.2, 0.25) is 0 Å². The summed E-state index contributed by atoms with van der Waals surface area (Å²) in [4.78, 5) is 11.0. The standard InChI is InChI=1S/C13H20O2/c1-9(13(14)15)11-8-4-6-10-5-2-3-7-12(10)11/h10-12H,1-8H2,(H,14,15). The average molecular weight is 208 g/mol. The second kappa shape index (κ2) is 4.38. The van der Waals surface area contributed by atoms with Gasteiger partial charge in [0.1, 0.15) is 0 Å². The van der Waals surface area contributed by atoms with E-state index >= 15 is 0 Å². The Kier molecular flexibility index (Phi) is 3.13. The van der Waals surface area contributed by atoms with Crippen LogP contribution in [-0.4, -0.2) is 11.1 Å². The Morgan fingerprint density at radius 2 is 1.73 bits per heavy atom. The van der Waals surface area contributed by atoms with Gasteiger partial charge in [-0.05, 0) is 30.6 Å². The summed E-state index contributed by atoms with van der Waals surface area (Å²) in [6.45, 7) is 3.77. The first-order valence-electron chi connectivity index (χ1n) is 6.12. The van der Waals surface area contributed by atoms with Crippen LogP contribution in [0.4, 0.5) is 0 Å². The molecule has 84 valence electrons. The molecule has 2 fully saturated rings. The maximum atomic E-state index is 11.0. The lowest BCUT2D eigenvalue weighted by Gasteiger charge is -2.41. The van der Waals surface area contributed by atoms with E-state index in [9.17, 15) is 4.79 Å². The fourth-order valence-electron chi connectivity index (χ4n) is 3.53. The third-order valence-corrected chi connectivity index (χ3v) is 4.30. The van der Waals surface area contributed by atoms with Crippen LogP contribution in [-0.2, 0) is 4.79 Å². The van der Waals surface area contributed by atoms with E-state index < -0.39 is 5.97 Å². The Balaban J connectivity index is 2.09. The molecule has 0 heterocycles. The number of hydrogen-bond donors (Lipinski definition) is 1. The van der Waals surface area contributed by atoms with Crippen LogP contribution in [0.3, 0.4) is 0 Å². The molecule has 2 aliphatic rings. The van der Waals surface area contributed by atoms with Crippen LogP contribution in [0.15, 0.2) is 12.2 Å². The molecule has 0 spiro atoms. The van der Waals surface area contributed by atoms with E-state index in [1.54, 1.807) is 0 Å². The van der Waals surface area contributed by atoms with Crippen molar-refractivity contribution in [3.8, 4) is 0 Å². The Morgan fingerprint density at radius 3 is 2.47 bits per heavy atom. The van der Waals surface area contributed by atoms with Crippen LogP contribution in [0.1, 0.15) is 44.9 Å². The summed E-state index contributed by atoms with van der Waals surface area (Å²) >= 11 is 0. The molecule has 0 radical (unpaired) electrons. The topological polar surface area (TPSA) is 37.3 Å². The number of fused-ring (bicyclic) bond motifs is 1. The number of aliphatic carboxylic acids is 1. The van der Waals surface area contributed by atoms with Crippen molar-refractivity contribution in [1.29, 1.82) is 0 Å². The number of carboxylic acids is 1. The van der Waals surface area contributed by atoms with Gasteiger partial charge in [-0.3, -0.25) is 0 Å². The predicted octanol–water partition coefficient (Wildman–Crippen LogP) is 3.23. The van der Waals surface area contributed by atoms with Crippen molar-refractivity contribution in [2.75, 3.05) is 0 Å². The van der Waals surface area contributed by atoms with E-state index in [1.807, 2.05) is 0 Å². The van der Waals surface area contributed by atoms with Gasteiger partial charge >= 0.3 is 5.97 Å². The zero-order valence-corrected chi connectivity index (χ0v) is 9.24. The van der Waals surface area contributed by atoms with Crippen molar-refractivity contribution in [3.63, 3.8) is 0 Å². The van der Waals surface area contributed by atoms with E-state index in [4.69, 9.17) is 5.11 Å². The first-order valence-corrected chi connectivity index (χ1v) is 6.12. The number of rotatable bonds is 2. The molecule has 2 heteroatoms. The molecule has 0 aromatic heterocycles. The summed E-state index contributed by atoms with van der Waals surface area (Å²) in [6.07, 6.45) is 8.71. The third kappa shape index (κ3) is 2.09. The van der Waals surface area contributed by atoms with Crippen molar-refractivity contribution in [3.05, 3.63) is 12.2 Å². The normalized spacial score (nSPS) is 35.6. The van der Waals surface area contributed by atoms with Gasteiger partial charge in [-0.1, -0.05) is 38.7 Å². The highest BCUT2D eigenvalue weighted by Gasteiger charge is 2.37. The Labute approximate surface area is 91.4 Å². The Hall–Kier alpha value is -0.790. The van der Waals surface area contributed by atoms with Crippen LogP contribution in [0.25, 0.3) is 0 Å².